The van der Waals surface area contributed by atoms with Gasteiger partial charge in [-0.25, -0.2) is 0 Å². The minimum atomic E-state index is 0.792. The van der Waals surface area contributed by atoms with E-state index in [9.17, 15) is 0 Å². The van der Waals surface area contributed by atoms with E-state index in [2.05, 4.69) is 0 Å². The van der Waals surface area contributed by atoms with Gasteiger partial charge in [-0.05, 0) is 37.1 Å². The van der Waals surface area contributed by atoms with Crippen LogP contribution < -0.4 is 10.5 Å². The number of aryl methyl sites for hydroxylation is 2. The van der Waals surface area contributed by atoms with Crippen molar-refractivity contribution in [3.8, 4) is 5.75 Å². The molecule has 0 fully saturated rings. The van der Waals surface area contributed by atoms with Crippen LogP contribution in [0.2, 0.25) is 0 Å². The molecule has 0 atom stereocenters. The van der Waals surface area contributed by atoms with Crippen molar-refractivity contribution < 1.29 is 4.74 Å². The van der Waals surface area contributed by atoms with Gasteiger partial charge in [0.1, 0.15) is 5.75 Å². The predicted octanol–water partition coefficient (Wildman–Crippen LogP) is 1.89. The van der Waals surface area contributed by atoms with Gasteiger partial charge in [0.25, 0.3) is 0 Å². The molecule has 2 heteroatoms. The summed E-state index contributed by atoms with van der Waals surface area (Å²) in [4.78, 5) is 0. The van der Waals surface area contributed by atoms with Gasteiger partial charge < -0.3 is 10.5 Å². The van der Waals surface area contributed by atoms with E-state index in [1.165, 1.54) is 0 Å². The van der Waals surface area contributed by atoms with E-state index >= 15 is 0 Å². The SMILES string of the molecule is COc1c(C)cc(N)cc1C. The van der Waals surface area contributed by atoms with Crippen LogP contribution in [0.25, 0.3) is 0 Å². The Kier molecular flexibility index (Phi) is 2.03. The Morgan fingerprint density at radius 1 is 1.18 bits per heavy atom. The molecule has 0 aliphatic heterocycles. The summed E-state index contributed by atoms with van der Waals surface area (Å²) in [5, 5.41) is 0. The molecule has 1 aromatic rings. The molecule has 0 heterocycles. The van der Waals surface area contributed by atoms with Gasteiger partial charge in [-0.1, -0.05) is 0 Å². The highest BCUT2D eigenvalue weighted by molar-refractivity contribution is 5.52. The van der Waals surface area contributed by atoms with Gasteiger partial charge in [0.15, 0.2) is 0 Å². The zero-order valence-electron chi connectivity index (χ0n) is 7.14. The number of hydrogen-bond acceptors (Lipinski definition) is 2. The average Bonchev–Trinajstić information content (AvgIpc) is 1.85. The van der Waals surface area contributed by atoms with Crippen molar-refractivity contribution in [2.75, 3.05) is 12.8 Å². The predicted molar refractivity (Wildman–Crippen MR) is 46.9 cm³/mol. The van der Waals surface area contributed by atoms with Crippen molar-refractivity contribution >= 4 is 5.69 Å². The average molecular weight is 151 g/mol. The van der Waals surface area contributed by atoms with E-state index in [0.29, 0.717) is 0 Å². The topological polar surface area (TPSA) is 35.2 Å². The number of hydrogen-bond donors (Lipinski definition) is 1. The number of nitrogens with two attached hydrogens (primary N) is 1. The Balaban J connectivity index is 3.25. The minimum Gasteiger partial charge on any atom is -0.496 e. The van der Waals surface area contributed by atoms with Gasteiger partial charge in [0, 0.05) is 5.69 Å². The van der Waals surface area contributed by atoms with Crippen LogP contribution in [-0.2, 0) is 0 Å². The lowest BCUT2D eigenvalue weighted by Gasteiger charge is -2.08. The minimum absolute atomic E-state index is 0.792. The lowest BCUT2D eigenvalue weighted by molar-refractivity contribution is 0.408. The zero-order valence-corrected chi connectivity index (χ0v) is 7.14. The first-order valence-corrected chi connectivity index (χ1v) is 3.56. The van der Waals surface area contributed by atoms with Crippen LogP contribution in [0.1, 0.15) is 11.1 Å². The number of nitrogen functional groups attached to an aromatic ring is 1. The van der Waals surface area contributed by atoms with Crippen molar-refractivity contribution in [1.29, 1.82) is 0 Å². The summed E-state index contributed by atoms with van der Waals surface area (Å²) in [6.45, 7) is 3.98. The molecule has 0 amide bonds. The smallest absolute Gasteiger partial charge is 0.124 e. The molecule has 0 aliphatic rings. The Morgan fingerprint density at radius 2 is 1.64 bits per heavy atom. The highest BCUT2D eigenvalue weighted by atomic mass is 16.5. The van der Waals surface area contributed by atoms with E-state index in [4.69, 9.17) is 10.5 Å². The standard InChI is InChI=1S/C9H13NO/c1-6-4-8(10)5-7(2)9(6)11-3/h4-5H,10H2,1-3H3. The van der Waals surface area contributed by atoms with E-state index in [1.54, 1.807) is 7.11 Å². The fraction of sp³-hybridized carbons (Fsp3) is 0.333. The third-order valence-electron chi connectivity index (χ3n) is 1.69. The van der Waals surface area contributed by atoms with E-state index in [1.807, 2.05) is 26.0 Å². The third-order valence-corrected chi connectivity index (χ3v) is 1.69. The second-order valence-electron chi connectivity index (χ2n) is 2.69. The molecule has 2 nitrogen and oxygen atoms in total. The Hall–Kier alpha value is -1.18. The largest absolute Gasteiger partial charge is 0.496 e. The Bertz CT molecular complexity index is 245. The molecule has 2 N–H and O–H groups in total. The summed E-state index contributed by atoms with van der Waals surface area (Å²) in [7, 11) is 1.67. The van der Waals surface area contributed by atoms with Gasteiger partial charge >= 0.3 is 0 Å². The normalized spacial score (nSPS) is 9.73. The van der Waals surface area contributed by atoms with Crippen LogP contribution >= 0.6 is 0 Å². The van der Waals surface area contributed by atoms with Crippen molar-refractivity contribution in [2.45, 2.75) is 13.8 Å². The third kappa shape index (κ3) is 1.45. The first-order chi connectivity index (χ1) is 5.15. The molecular formula is C9H13NO. The monoisotopic (exact) mass is 151 g/mol. The summed E-state index contributed by atoms with van der Waals surface area (Å²) in [5.74, 6) is 0.930. The van der Waals surface area contributed by atoms with Crippen LogP contribution in [0.15, 0.2) is 12.1 Å². The van der Waals surface area contributed by atoms with Crippen molar-refractivity contribution in [3.63, 3.8) is 0 Å². The molecule has 60 valence electrons. The summed E-state index contributed by atoms with van der Waals surface area (Å²) >= 11 is 0. The molecule has 0 radical (unpaired) electrons. The molecule has 1 aromatic carbocycles. The molecular weight excluding hydrogens is 138 g/mol. The van der Waals surface area contributed by atoms with Crippen LogP contribution in [-0.4, -0.2) is 7.11 Å². The molecule has 0 unspecified atom stereocenters. The van der Waals surface area contributed by atoms with Crippen LogP contribution in [0, 0.1) is 13.8 Å². The van der Waals surface area contributed by atoms with Gasteiger partial charge in [0.2, 0.25) is 0 Å². The Labute approximate surface area is 67.0 Å². The molecule has 0 saturated carbocycles. The zero-order chi connectivity index (χ0) is 8.43. The fourth-order valence-electron chi connectivity index (χ4n) is 1.31. The number of anilines is 1. The fourth-order valence-corrected chi connectivity index (χ4v) is 1.31. The number of methoxy groups -OCH3 is 1. The van der Waals surface area contributed by atoms with Crippen molar-refractivity contribution in [1.82, 2.24) is 0 Å². The van der Waals surface area contributed by atoms with E-state index < -0.39 is 0 Å². The second kappa shape index (κ2) is 2.82. The number of benzene rings is 1. The molecule has 11 heavy (non-hydrogen) atoms. The van der Waals surface area contributed by atoms with Gasteiger partial charge in [-0.15, -0.1) is 0 Å². The van der Waals surface area contributed by atoms with Crippen molar-refractivity contribution in [3.05, 3.63) is 23.3 Å². The van der Waals surface area contributed by atoms with Gasteiger partial charge in [0.05, 0.1) is 7.11 Å². The first kappa shape index (κ1) is 7.92. The highest BCUT2D eigenvalue weighted by Crippen LogP contribution is 2.24. The van der Waals surface area contributed by atoms with Crippen molar-refractivity contribution in [2.24, 2.45) is 0 Å². The Morgan fingerprint density at radius 3 is 2.00 bits per heavy atom. The lowest BCUT2D eigenvalue weighted by Crippen LogP contribution is -1.93. The molecule has 0 aliphatic carbocycles. The maximum atomic E-state index is 5.63. The van der Waals surface area contributed by atoms with Crippen LogP contribution in [0.4, 0.5) is 5.69 Å². The highest BCUT2D eigenvalue weighted by Gasteiger charge is 2.02. The summed E-state index contributed by atoms with van der Waals surface area (Å²) in [6.07, 6.45) is 0. The molecule has 0 spiro atoms. The molecule has 0 bridgehead atoms. The maximum Gasteiger partial charge on any atom is 0.124 e. The van der Waals surface area contributed by atoms with Crippen LogP contribution in [0.3, 0.4) is 0 Å². The quantitative estimate of drug-likeness (QED) is 0.622. The second-order valence-corrected chi connectivity index (χ2v) is 2.69. The molecule has 0 saturated heterocycles. The molecule has 1 rings (SSSR count). The van der Waals surface area contributed by atoms with E-state index in [-0.39, 0.29) is 0 Å². The molecule has 0 aromatic heterocycles. The van der Waals surface area contributed by atoms with E-state index in [0.717, 1.165) is 22.6 Å². The number of ether oxygens (including phenoxy) is 1. The van der Waals surface area contributed by atoms with Gasteiger partial charge in [-0.3, -0.25) is 0 Å². The number of rotatable bonds is 1. The summed E-state index contributed by atoms with van der Waals surface area (Å²) < 4.78 is 5.18. The first-order valence-electron chi connectivity index (χ1n) is 3.56. The lowest BCUT2D eigenvalue weighted by atomic mass is 10.1. The van der Waals surface area contributed by atoms with Gasteiger partial charge in [-0.2, -0.15) is 0 Å². The summed E-state index contributed by atoms with van der Waals surface area (Å²) in [6, 6.07) is 3.82. The maximum absolute atomic E-state index is 5.63. The van der Waals surface area contributed by atoms with Crippen LogP contribution in [0.5, 0.6) is 5.75 Å². The summed E-state index contributed by atoms with van der Waals surface area (Å²) in [5.41, 5.74) is 8.60.